The van der Waals surface area contributed by atoms with E-state index in [1.54, 1.807) is 11.8 Å². The summed E-state index contributed by atoms with van der Waals surface area (Å²) in [6, 6.07) is 65.1. The molecule has 2 nitrogen and oxygen atoms in total. The summed E-state index contributed by atoms with van der Waals surface area (Å²) in [7, 11) is 0. The van der Waals surface area contributed by atoms with E-state index < -0.39 is 0 Å². The van der Waals surface area contributed by atoms with Gasteiger partial charge in [0.15, 0.2) is 0 Å². The molecule has 0 bridgehead atoms. The number of nitrogens with one attached hydrogen (secondary N) is 1. The van der Waals surface area contributed by atoms with Gasteiger partial charge in [-0.15, -0.1) is 0 Å². The van der Waals surface area contributed by atoms with E-state index in [1.807, 2.05) is 0 Å². The van der Waals surface area contributed by atoms with E-state index in [0.717, 1.165) is 34.9 Å². The molecule has 1 unspecified atom stereocenters. The Bertz CT molecular complexity index is 2220. The Morgan fingerprint density at radius 1 is 0.431 bits per heavy atom. The molecular formula is C48H38N2S. The molecule has 0 radical (unpaired) electrons. The van der Waals surface area contributed by atoms with Gasteiger partial charge < -0.3 is 10.2 Å². The molecule has 1 atom stereocenters. The minimum Gasteiger partial charge on any atom is -0.356 e. The fourth-order valence-corrected chi connectivity index (χ4v) is 7.34. The van der Waals surface area contributed by atoms with Crippen molar-refractivity contribution in [3.05, 3.63) is 212 Å². The molecule has 7 aromatic carbocycles. The predicted octanol–water partition coefficient (Wildman–Crippen LogP) is 14.0. The molecule has 246 valence electrons. The summed E-state index contributed by atoms with van der Waals surface area (Å²) in [4.78, 5) is 4.73. The summed E-state index contributed by atoms with van der Waals surface area (Å²) in [5.41, 5.74) is 11.7. The van der Waals surface area contributed by atoms with Gasteiger partial charge in [-0.3, -0.25) is 0 Å². The molecule has 0 aromatic heterocycles. The number of benzene rings is 7. The third-order valence-corrected chi connectivity index (χ3v) is 10.3. The average molecular weight is 675 g/mol. The SMILES string of the molecule is C1=CCC(c2ccc(Nc3ccc(Sc4ccc(-c5ccc(N(c6ccccc6)c6ccc(-c7ccccc7)cc6)cc5)cc4)cc3)cc2)C=C1. The number of allylic oxidation sites excluding steroid dienone is 4. The summed E-state index contributed by atoms with van der Waals surface area (Å²) in [6.45, 7) is 0. The molecule has 1 N–H and O–H groups in total. The van der Waals surface area contributed by atoms with Crippen LogP contribution in [0.4, 0.5) is 28.4 Å². The fraction of sp³-hybridized carbons (Fsp3) is 0.0417. The molecule has 1 aliphatic rings. The van der Waals surface area contributed by atoms with Crippen molar-refractivity contribution in [1.82, 2.24) is 0 Å². The van der Waals surface area contributed by atoms with Crippen LogP contribution in [0.3, 0.4) is 0 Å². The lowest BCUT2D eigenvalue weighted by molar-refractivity contribution is 0.854. The zero-order valence-corrected chi connectivity index (χ0v) is 29.1. The lowest BCUT2D eigenvalue weighted by Crippen LogP contribution is -2.09. The highest BCUT2D eigenvalue weighted by Gasteiger charge is 2.13. The predicted molar refractivity (Wildman–Crippen MR) is 218 cm³/mol. The second kappa shape index (κ2) is 15.2. The van der Waals surface area contributed by atoms with Crippen molar-refractivity contribution in [2.24, 2.45) is 0 Å². The first-order valence-electron chi connectivity index (χ1n) is 17.4. The van der Waals surface area contributed by atoms with Crippen LogP contribution in [0.1, 0.15) is 17.9 Å². The van der Waals surface area contributed by atoms with Gasteiger partial charge in [0, 0.05) is 44.1 Å². The minimum absolute atomic E-state index is 0.473. The van der Waals surface area contributed by atoms with Crippen LogP contribution in [0.2, 0.25) is 0 Å². The zero-order chi connectivity index (χ0) is 34.2. The fourth-order valence-electron chi connectivity index (χ4n) is 6.53. The van der Waals surface area contributed by atoms with E-state index in [1.165, 1.54) is 37.6 Å². The Morgan fingerprint density at radius 2 is 0.882 bits per heavy atom. The Hall–Kier alpha value is -6.03. The van der Waals surface area contributed by atoms with Crippen molar-refractivity contribution in [2.75, 3.05) is 10.2 Å². The van der Waals surface area contributed by atoms with Crippen LogP contribution in [0.25, 0.3) is 22.3 Å². The standard InChI is InChI=1S/C48H38N2S/c1-4-10-36(11-5-1)38-16-24-42(25-17-38)49-43-26-34-48(35-27-43)51-47-32-22-41(23-33-47)40-20-30-46(31-21-40)50(44-14-8-3-9-15-44)45-28-18-39(19-29-45)37-12-6-2-7-13-37/h1-10,12-36,49H,11H2. The number of nitrogens with zero attached hydrogens (tertiary/aromatic N) is 1. The van der Waals surface area contributed by atoms with Crippen LogP contribution in [-0.2, 0) is 0 Å². The number of hydrogen-bond acceptors (Lipinski definition) is 3. The van der Waals surface area contributed by atoms with Crippen LogP contribution >= 0.6 is 11.8 Å². The van der Waals surface area contributed by atoms with E-state index in [2.05, 4.69) is 217 Å². The Morgan fingerprint density at radius 3 is 1.41 bits per heavy atom. The van der Waals surface area contributed by atoms with E-state index in [4.69, 9.17) is 0 Å². The number of para-hydroxylation sites is 1. The van der Waals surface area contributed by atoms with Crippen molar-refractivity contribution >= 4 is 40.2 Å². The quantitative estimate of drug-likeness (QED) is 0.155. The molecule has 0 saturated heterocycles. The lowest BCUT2D eigenvalue weighted by Gasteiger charge is -2.26. The third kappa shape index (κ3) is 7.75. The van der Waals surface area contributed by atoms with Crippen molar-refractivity contribution in [3.8, 4) is 22.3 Å². The number of anilines is 5. The van der Waals surface area contributed by atoms with Gasteiger partial charge in [-0.1, -0.05) is 133 Å². The van der Waals surface area contributed by atoms with Crippen molar-refractivity contribution in [2.45, 2.75) is 22.1 Å². The Labute approximate surface area is 305 Å². The monoisotopic (exact) mass is 674 g/mol. The molecule has 0 aliphatic heterocycles. The van der Waals surface area contributed by atoms with Crippen LogP contribution in [0, 0.1) is 0 Å². The topological polar surface area (TPSA) is 15.3 Å². The van der Waals surface area contributed by atoms with Gasteiger partial charge in [-0.05, 0) is 119 Å². The van der Waals surface area contributed by atoms with Gasteiger partial charge in [-0.25, -0.2) is 0 Å². The highest BCUT2D eigenvalue weighted by molar-refractivity contribution is 7.99. The summed E-state index contributed by atoms with van der Waals surface area (Å²) in [5, 5.41) is 3.54. The Kier molecular flexibility index (Phi) is 9.62. The van der Waals surface area contributed by atoms with Gasteiger partial charge in [0.1, 0.15) is 0 Å². The number of hydrogen-bond donors (Lipinski definition) is 1. The molecule has 0 fully saturated rings. The lowest BCUT2D eigenvalue weighted by atomic mass is 9.92. The maximum atomic E-state index is 3.54. The molecule has 0 spiro atoms. The molecule has 51 heavy (non-hydrogen) atoms. The molecular weight excluding hydrogens is 637 g/mol. The van der Waals surface area contributed by atoms with Crippen molar-refractivity contribution < 1.29 is 0 Å². The maximum Gasteiger partial charge on any atom is 0.0462 e. The van der Waals surface area contributed by atoms with Gasteiger partial charge in [0.2, 0.25) is 0 Å². The van der Waals surface area contributed by atoms with Crippen molar-refractivity contribution in [1.29, 1.82) is 0 Å². The summed E-state index contributed by atoms with van der Waals surface area (Å²) >= 11 is 1.78. The van der Waals surface area contributed by atoms with Crippen LogP contribution in [0.5, 0.6) is 0 Å². The highest BCUT2D eigenvalue weighted by Crippen LogP contribution is 2.37. The molecule has 8 rings (SSSR count). The minimum atomic E-state index is 0.473. The molecule has 0 saturated carbocycles. The van der Waals surface area contributed by atoms with Gasteiger partial charge >= 0.3 is 0 Å². The van der Waals surface area contributed by atoms with E-state index in [-0.39, 0.29) is 0 Å². The third-order valence-electron chi connectivity index (χ3n) is 9.26. The van der Waals surface area contributed by atoms with Crippen molar-refractivity contribution in [3.63, 3.8) is 0 Å². The van der Waals surface area contributed by atoms with Crippen LogP contribution in [0.15, 0.2) is 216 Å². The maximum absolute atomic E-state index is 3.54. The van der Waals surface area contributed by atoms with Crippen LogP contribution < -0.4 is 10.2 Å². The van der Waals surface area contributed by atoms with E-state index >= 15 is 0 Å². The second-order valence-corrected chi connectivity index (χ2v) is 13.8. The first kappa shape index (κ1) is 32.2. The Balaban J connectivity index is 0.923. The molecule has 3 heteroatoms. The smallest absolute Gasteiger partial charge is 0.0462 e. The second-order valence-electron chi connectivity index (χ2n) is 12.7. The van der Waals surface area contributed by atoms with E-state index in [0.29, 0.717) is 5.92 Å². The molecule has 0 amide bonds. The molecule has 7 aromatic rings. The van der Waals surface area contributed by atoms with Gasteiger partial charge in [-0.2, -0.15) is 0 Å². The van der Waals surface area contributed by atoms with Crippen LogP contribution in [-0.4, -0.2) is 0 Å². The number of rotatable bonds is 10. The molecule has 1 aliphatic carbocycles. The van der Waals surface area contributed by atoms with Gasteiger partial charge in [0.25, 0.3) is 0 Å². The average Bonchev–Trinajstić information content (AvgIpc) is 3.21. The van der Waals surface area contributed by atoms with Gasteiger partial charge in [0.05, 0.1) is 0 Å². The first-order valence-corrected chi connectivity index (χ1v) is 18.3. The summed E-state index contributed by atoms with van der Waals surface area (Å²) in [5.74, 6) is 0.473. The summed E-state index contributed by atoms with van der Waals surface area (Å²) in [6.07, 6.45) is 9.84. The zero-order valence-electron chi connectivity index (χ0n) is 28.3. The highest BCUT2D eigenvalue weighted by atomic mass is 32.2. The normalized spacial score (nSPS) is 13.5. The summed E-state index contributed by atoms with van der Waals surface area (Å²) < 4.78 is 0. The molecule has 0 heterocycles. The largest absolute Gasteiger partial charge is 0.356 e. The first-order chi connectivity index (χ1) is 25.2. The van der Waals surface area contributed by atoms with E-state index in [9.17, 15) is 0 Å².